The fourth-order valence-electron chi connectivity index (χ4n) is 5.07. The lowest BCUT2D eigenvalue weighted by Gasteiger charge is -2.15. The van der Waals surface area contributed by atoms with Crippen molar-refractivity contribution >= 4 is 47.2 Å². The minimum atomic E-state index is -1.50. The number of nitrogens with two attached hydrogens (primary N) is 1. The van der Waals surface area contributed by atoms with Crippen LogP contribution in [0.25, 0.3) is 16.9 Å². The summed E-state index contributed by atoms with van der Waals surface area (Å²) in [5, 5.41) is 9.56. The third-order valence-electron chi connectivity index (χ3n) is 7.62. The van der Waals surface area contributed by atoms with Crippen LogP contribution in [0.15, 0.2) is 90.2 Å². The number of amides is 2. The number of ether oxygens (including phenoxy) is 1. The van der Waals surface area contributed by atoms with E-state index in [0.717, 1.165) is 0 Å². The molecule has 2 amide bonds. The molecule has 11 nitrogen and oxygen atoms in total. The zero-order valence-electron chi connectivity index (χ0n) is 25.7. The quantitative estimate of drug-likeness (QED) is 0.202. The Balaban J connectivity index is 0.00000451. The van der Waals surface area contributed by atoms with Crippen molar-refractivity contribution in [3.63, 3.8) is 0 Å². The first kappa shape index (κ1) is 33.8. The van der Waals surface area contributed by atoms with E-state index in [-0.39, 0.29) is 58.8 Å². The van der Waals surface area contributed by atoms with Gasteiger partial charge < -0.3 is 21.1 Å². The van der Waals surface area contributed by atoms with E-state index in [1.54, 1.807) is 56.3 Å². The van der Waals surface area contributed by atoms with Crippen LogP contribution in [0, 0.1) is 17.6 Å². The molecule has 0 saturated heterocycles. The van der Waals surface area contributed by atoms with Gasteiger partial charge in [0.1, 0.15) is 35.5 Å². The molecule has 0 saturated carbocycles. The van der Waals surface area contributed by atoms with Gasteiger partial charge in [0.25, 0.3) is 11.8 Å². The number of fused-ring (bicyclic) bond motifs is 2. The summed E-state index contributed by atoms with van der Waals surface area (Å²) in [5.41, 5.74) is 7.19. The van der Waals surface area contributed by atoms with Gasteiger partial charge in [-0.1, -0.05) is 62.4 Å². The van der Waals surface area contributed by atoms with Gasteiger partial charge in [-0.15, -0.1) is 12.4 Å². The van der Waals surface area contributed by atoms with Gasteiger partial charge in [0.2, 0.25) is 6.17 Å². The molecular weight excluding hydrogens is 644 g/mol. The van der Waals surface area contributed by atoms with Crippen molar-refractivity contribution in [1.29, 1.82) is 0 Å². The average molecular weight is 674 g/mol. The van der Waals surface area contributed by atoms with Gasteiger partial charge in [-0.3, -0.25) is 14.4 Å². The average Bonchev–Trinajstić information content (AvgIpc) is 3.39. The summed E-state index contributed by atoms with van der Waals surface area (Å²) in [6.45, 7) is 3.36. The maximum atomic E-state index is 15.6. The van der Waals surface area contributed by atoms with Gasteiger partial charge in [-0.2, -0.15) is 5.10 Å². The fraction of sp³-hybridized carbons (Fsp3) is 0.176. The van der Waals surface area contributed by atoms with Crippen LogP contribution in [0.3, 0.4) is 0 Å². The lowest BCUT2D eigenvalue weighted by molar-refractivity contribution is -0.147. The Morgan fingerprint density at radius 3 is 2.52 bits per heavy atom. The van der Waals surface area contributed by atoms with E-state index in [2.05, 4.69) is 25.7 Å². The van der Waals surface area contributed by atoms with Gasteiger partial charge in [0.15, 0.2) is 5.65 Å². The van der Waals surface area contributed by atoms with Crippen molar-refractivity contribution in [2.45, 2.75) is 32.7 Å². The number of carbonyl (C=O) groups excluding carboxylic acids is 3. The number of anilines is 1. The molecule has 5 aromatic rings. The number of hydrogen-bond donors (Lipinski definition) is 3. The van der Waals surface area contributed by atoms with Crippen molar-refractivity contribution in [2.24, 2.45) is 16.6 Å². The highest BCUT2D eigenvalue weighted by Crippen LogP contribution is 2.30. The highest BCUT2D eigenvalue weighted by Gasteiger charge is 2.32. The molecule has 1 aliphatic heterocycles. The maximum Gasteiger partial charge on any atom is 0.323 e. The first-order valence-electron chi connectivity index (χ1n) is 14.7. The zero-order valence-corrected chi connectivity index (χ0v) is 26.5. The Morgan fingerprint density at radius 2 is 1.79 bits per heavy atom. The van der Waals surface area contributed by atoms with Crippen molar-refractivity contribution in [1.82, 2.24) is 19.9 Å². The minimum absolute atomic E-state index is 0. The Kier molecular flexibility index (Phi) is 9.92. The third-order valence-corrected chi connectivity index (χ3v) is 7.62. The number of carbonyl (C=O) groups is 3. The number of hydrogen-bond acceptors (Lipinski definition) is 8. The van der Waals surface area contributed by atoms with Crippen LogP contribution in [0.4, 0.5) is 14.5 Å². The second-order valence-corrected chi connectivity index (χ2v) is 11.2. The summed E-state index contributed by atoms with van der Waals surface area (Å²) in [7, 11) is 0. The minimum Gasteiger partial charge on any atom is -0.460 e. The second-order valence-electron chi connectivity index (χ2n) is 11.2. The number of aliphatic imine (C=N–C) groups is 1. The van der Waals surface area contributed by atoms with E-state index in [9.17, 15) is 18.8 Å². The highest BCUT2D eigenvalue weighted by atomic mass is 35.5. The molecule has 6 rings (SSSR count). The number of benzodiazepines with no additional fused rings is 1. The van der Waals surface area contributed by atoms with Crippen molar-refractivity contribution < 1.29 is 27.9 Å². The number of nitrogens with one attached hydrogen (secondary N) is 2. The van der Waals surface area contributed by atoms with E-state index >= 15 is 4.39 Å². The molecule has 246 valence electrons. The summed E-state index contributed by atoms with van der Waals surface area (Å²) in [6, 6.07) is 18.1. The largest absolute Gasteiger partial charge is 0.460 e. The van der Waals surface area contributed by atoms with E-state index < -0.39 is 41.6 Å². The van der Waals surface area contributed by atoms with Crippen molar-refractivity contribution in [3.05, 3.63) is 119 Å². The number of rotatable bonds is 8. The fourth-order valence-corrected chi connectivity index (χ4v) is 5.07. The molecule has 0 spiro atoms. The van der Waals surface area contributed by atoms with Crippen molar-refractivity contribution in [2.75, 3.05) is 5.32 Å². The smallest absolute Gasteiger partial charge is 0.323 e. The molecule has 2 aromatic heterocycles. The van der Waals surface area contributed by atoms with Crippen LogP contribution in [-0.2, 0) is 20.9 Å². The summed E-state index contributed by atoms with van der Waals surface area (Å²) < 4.78 is 37.1. The Bertz CT molecular complexity index is 2050. The highest BCUT2D eigenvalue weighted by molar-refractivity contribution is 6.20. The first-order valence-corrected chi connectivity index (χ1v) is 14.7. The molecule has 0 aliphatic carbocycles. The van der Waals surface area contributed by atoms with E-state index in [4.69, 9.17) is 10.5 Å². The molecule has 3 heterocycles. The molecule has 0 bridgehead atoms. The topological polar surface area (TPSA) is 153 Å². The lowest BCUT2D eigenvalue weighted by atomic mass is 10.0. The van der Waals surface area contributed by atoms with Crippen LogP contribution >= 0.6 is 12.4 Å². The summed E-state index contributed by atoms with van der Waals surface area (Å²) >= 11 is 0. The molecule has 2 atom stereocenters. The zero-order chi connectivity index (χ0) is 33.2. The normalized spacial score (nSPS) is 14.7. The molecule has 48 heavy (non-hydrogen) atoms. The molecule has 1 aliphatic rings. The second kappa shape index (κ2) is 14.1. The van der Waals surface area contributed by atoms with Crippen LogP contribution in [0.1, 0.15) is 40.9 Å². The molecular formula is C34H30ClF2N7O4. The first-order chi connectivity index (χ1) is 22.6. The molecule has 3 aromatic carbocycles. The third kappa shape index (κ3) is 6.64. The van der Waals surface area contributed by atoms with Crippen LogP contribution in [0.2, 0.25) is 0 Å². The molecule has 14 heteroatoms. The van der Waals surface area contributed by atoms with Gasteiger partial charge >= 0.3 is 5.97 Å². The monoisotopic (exact) mass is 673 g/mol. The Morgan fingerprint density at radius 1 is 1.02 bits per heavy atom. The molecule has 0 radical (unpaired) electrons. The van der Waals surface area contributed by atoms with Gasteiger partial charge in [-0.05, 0) is 35.7 Å². The van der Waals surface area contributed by atoms with Crippen LogP contribution in [0.5, 0.6) is 0 Å². The molecule has 0 fully saturated rings. The number of aromatic nitrogens is 3. The van der Waals surface area contributed by atoms with E-state index in [1.165, 1.54) is 47.2 Å². The summed E-state index contributed by atoms with van der Waals surface area (Å²) in [4.78, 5) is 48.4. The standard InChI is InChI=1S/C34H29F2N7O4.ClH/c1-18(2)26(37)34(46)47-17-19-12-13-21(24(36)16-19)29-25(31-38-14-7-15-43(31)42-29)32(44)41-30-33(45)40-28-22(10-6-11-23(28)35)27(39-30)20-8-4-3-5-9-20;/h3-16,18,26,30H,17,37H2,1-2H3,(H,40,45)(H,41,44);1H/t26-,30+;/m0./s1. The number of halogens is 3. The van der Waals surface area contributed by atoms with E-state index in [1.807, 2.05) is 0 Å². The molecule has 0 unspecified atom stereocenters. The number of nitrogens with zero attached hydrogens (tertiary/aromatic N) is 4. The number of benzene rings is 3. The summed E-state index contributed by atoms with van der Waals surface area (Å²) in [6.07, 6.45) is 1.47. The Labute approximate surface area is 279 Å². The van der Waals surface area contributed by atoms with Gasteiger partial charge in [-0.25, -0.2) is 23.3 Å². The predicted molar refractivity (Wildman–Crippen MR) is 177 cm³/mol. The maximum absolute atomic E-state index is 15.6. The number of para-hydroxylation sites is 1. The summed E-state index contributed by atoms with van der Waals surface area (Å²) in [5.74, 6) is -3.77. The lowest BCUT2D eigenvalue weighted by Crippen LogP contribution is -2.42. The van der Waals surface area contributed by atoms with Crippen molar-refractivity contribution in [3.8, 4) is 11.3 Å². The predicted octanol–water partition coefficient (Wildman–Crippen LogP) is 4.67. The number of esters is 1. The van der Waals surface area contributed by atoms with Crippen LogP contribution < -0.4 is 16.4 Å². The van der Waals surface area contributed by atoms with Crippen LogP contribution in [-0.4, -0.2) is 50.3 Å². The molecule has 4 N–H and O–H groups in total. The van der Waals surface area contributed by atoms with Gasteiger partial charge in [0.05, 0.1) is 11.4 Å². The van der Waals surface area contributed by atoms with Gasteiger partial charge in [0, 0.05) is 29.1 Å². The van der Waals surface area contributed by atoms with E-state index in [0.29, 0.717) is 16.7 Å². The SMILES string of the molecule is CC(C)[C@H](N)C(=O)OCc1ccc(-c2nn3cccnc3c2C(=O)N[C@H]2N=C(c3ccccc3)c3cccc(F)c3NC2=O)c(F)c1.Cl. The Hall–Kier alpha value is -5.53.